The third-order valence-electron chi connectivity index (χ3n) is 6.39. The lowest BCUT2D eigenvalue weighted by molar-refractivity contribution is -0.143. The van der Waals surface area contributed by atoms with E-state index in [-0.39, 0.29) is 24.1 Å². The van der Waals surface area contributed by atoms with Crippen molar-refractivity contribution < 1.29 is 19.0 Å². The van der Waals surface area contributed by atoms with Crippen LogP contribution in [0.25, 0.3) is 0 Å². The van der Waals surface area contributed by atoms with Crippen LogP contribution in [0.4, 0.5) is 0 Å². The second kappa shape index (κ2) is 9.95. The highest BCUT2D eigenvalue weighted by Gasteiger charge is 2.56. The van der Waals surface area contributed by atoms with E-state index in [9.17, 15) is 4.79 Å². The highest BCUT2D eigenvalue weighted by atomic mass is 16.5. The summed E-state index contributed by atoms with van der Waals surface area (Å²) in [7, 11) is 3.42. The Morgan fingerprint density at radius 1 is 0.875 bits per heavy atom. The summed E-state index contributed by atoms with van der Waals surface area (Å²) < 4.78 is 16.7. The van der Waals surface area contributed by atoms with Crippen molar-refractivity contribution in [2.24, 2.45) is 0 Å². The Hall–Kier alpha value is -2.53. The van der Waals surface area contributed by atoms with Gasteiger partial charge in [-0.3, -0.25) is 9.69 Å². The zero-order valence-electron chi connectivity index (χ0n) is 20.7. The Morgan fingerprint density at radius 3 is 1.66 bits per heavy atom. The summed E-state index contributed by atoms with van der Waals surface area (Å²) in [4.78, 5) is 15.2. The second-order valence-electron chi connectivity index (χ2n) is 8.78. The van der Waals surface area contributed by atoms with Crippen LogP contribution in [0, 0.1) is 27.7 Å². The summed E-state index contributed by atoms with van der Waals surface area (Å²) in [6.45, 7) is 12.7. The molecule has 3 rings (SSSR count). The number of rotatable bonds is 9. The van der Waals surface area contributed by atoms with Gasteiger partial charge < -0.3 is 14.2 Å². The maximum absolute atomic E-state index is 12.8. The monoisotopic (exact) mass is 439 g/mol. The summed E-state index contributed by atoms with van der Waals surface area (Å²) in [5.74, 6) is 1.69. The molecule has 174 valence electrons. The summed E-state index contributed by atoms with van der Waals surface area (Å²) in [5, 5.41) is 0. The second-order valence-corrected chi connectivity index (χ2v) is 8.78. The first-order chi connectivity index (χ1) is 15.3. The van der Waals surface area contributed by atoms with Crippen LogP contribution in [-0.4, -0.2) is 43.8 Å². The smallest absolute Gasteiger partial charge is 0.325 e. The Morgan fingerprint density at radius 2 is 1.31 bits per heavy atom. The molecule has 0 radical (unpaired) electrons. The average Bonchev–Trinajstić information content (AvgIpc) is 3.41. The molecular weight excluding hydrogens is 402 g/mol. The molecule has 1 aliphatic rings. The third kappa shape index (κ3) is 4.49. The molecule has 1 fully saturated rings. The predicted molar refractivity (Wildman–Crippen MR) is 128 cm³/mol. The van der Waals surface area contributed by atoms with E-state index in [1.54, 1.807) is 14.2 Å². The van der Waals surface area contributed by atoms with Crippen molar-refractivity contribution in [1.82, 2.24) is 4.90 Å². The van der Waals surface area contributed by atoms with Crippen LogP contribution in [0.5, 0.6) is 11.5 Å². The topological polar surface area (TPSA) is 47.8 Å². The SMILES string of the molecule is CCC[C@@H]1[C@H](C(=O)OCC)N1C(c1cc(C)c(OC)c(C)c1)c1cc(C)c(OC)c(C)c1. The molecule has 5 nitrogen and oxygen atoms in total. The van der Waals surface area contributed by atoms with E-state index < -0.39 is 0 Å². The molecular formula is C27H37NO4. The van der Waals surface area contributed by atoms with E-state index in [1.165, 1.54) is 0 Å². The van der Waals surface area contributed by atoms with E-state index in [0.29, 0.717) is 6.61 Å². The van der Waals surface area contributed by atoms with E-state index >= 15 is 0 Å². The van der Waals surface area contributed by atoms with E-state index in [2.05, 4.69) is 63.8 Å². The van der Waals surface area contributed by atoms with Crippen molar-refractivity contribution in [1.29, 1.82) is 0 Å². The van der Waals surface area contributed by atoms with Gasteiger partial charge >= 0.3 is 5.97 Å². The fraction of sp³-hybridized carbons (Fsp3) is 0.519. The lowest BCUT2D eigenvalue weighted by Crippen LogP contribution is -2.21. The van der Waals surface area contributed by atoms with Crippen LogP contribution in [0.2, 0.25) is 0 Å². The maximum atomic E-state index is 12.8. The van der Waals surface area contributed by atoms with Crippen molar-refractivity contribution >= 4 is 5.97 Å². The molecule has 0 aromatic heterocycles. The van der Waals surface area contributed by atoms with Crippen LogP contribution in [0.15, 0.2) is 24.3 Å². The molecule has 5 heteroatoms. The summed E-state index contributed by atoms with van der Waals surface area (Å²) in [5.41, 5.74) is 6.70. The molecule has 3 atom stereocenters. The van der Waals surface area contributed by atoms with Crippen LogP contribution >= 0.6 is 0 Å². The Labute approximate surface area is 192 Å². The number of carbonyl (C=O) groups is 1. The molecule has 1 heterocycles. The fourth-order valence-electron chi connectivity index (χ4n) is 5.22. The number of benzene rings is 2. The number of hydrogen-bond acceptors (Lipinski definition) is 5. The van der Waals surface area contributed by atoms with Crippen LogP contribution < -0.4 is 9.47 Å². The van der Waals surface area contributed by atoms with Gasteiger partial charge in [-0.25, -0.2) is 0 Å². The number of hydrogen-bond donors (Lipinski definition) is 0. The molecule has 0 amide bonds. The number of ether oxygens (including phenoxy) is 3. The van der Waals surface area contributed by atoms with Gasteiger partial charge in [0.2, 0.25) is 0 Å². The maximum Gasteiger partial charge on any atom is 0.325 e. The quantitative estimate of drug-likeness (QED) is 0.384. The summed E-state index contributed by atoms with van der Waals surface area (Å²) in [6, 6.07) is 8.67. The Balaban J connectivity index is 2.16. The van der Waals surface area contributed by atoms with Gasteiger partial charge in [0, 0.05) is 6.04 Å². The van der Waals surface area contributed by atoms with Crippen LogP contribution in [0.3, 0.4) is 0 Å². The van der Waals surface area contributed by atoms with Gasteiger partial charge in [0.1, 0.15) is 17.5 Å². The molecule has 0 spiro atoms. The lowest BCUT2D eigenvalue weighted by atomic mass is 9.92. The normalized spacial score (nSPS) is 19.7. The van der Waals surface area contributed by atoms with Crippen LogP contribution in [0.1, 0.15) is 66.1 Å². The minimum Gasteiger partial charge on any atom is -0.496 e. The number of aryl methyl sites for hydroxylation is 4. The average molecular weight is 440 g/mol. The molecule has 32 heavy (non-hydrogen) atoms. The molecule has 1 unspecified atom stereocenters. The molecule has 0 saturated carbocycles. The van der Waals surface area contributed by atoms with Gasteiger partial charge in [-0.05, 0) is 74.4 Å². The Bertz CT molecular complexity index is 878. The zero-order chi connectivity index (χ0) is 23.6. The third-order valence-corrected chi connectivity index (χ3v) is 6.39. The van der Waals surface area contributed by atoms with Gasteiger partial charge in [-0.1, -0.05) is 37.6 Å². The number of carbonyl (C=O) groups excluding carboxylic acids is 1. The van der Waals surface area contributed by atoms with E-state index in [4.69, 9.17) is 14.2 Å². The molecule has 0 N–H and O–H groups in total. The lowest BCUT2D eigenvalue weighted by Gasteiger charge is -2.25. The standard InChI is InChI=1S/C27H37NO4/c1-9-11-22-24(27(29)32-10-2)28(22)23(20-12-16(3)25(30-7)17(4)13-20)21-14-18(5)26(31-8)19(6)15-21/h12-15,22-24H,9-11H2,1-8H3/t22-,24-,28?/m1/s1. The number of methoxy groups -OCH3 is 2. The fourth-order valence-corrected chi connectivity index (χ4v) is 5.22. The highest BCUT2D eigenvalue weighted by Crippen LogP contribution is 2.47. The van der Waals surface area contributed by atoms with Crippen molar-refractivity contribution in [2.45, 2.75) is 72.5 Å². The van der Waals surface area contributed by atoms with Crippen molar-refractivity contribution in [3.63, 3.8) is 0 Å². The molecule has 2 aromatic rings. The molecule has 1 saturated heterocycles. The van der Waals surface area contributed by atoms with Gasteiger partial charge in [-0.15, -0.1) is 0 Å². The molecule has 2 aromatic carbocycles. The van der Waals surface area contributed by atoms with Crippen molar-refractivity contribution in [3.8, 4) is 11.5 Å². The van der Waals surface area contributed by atoms with Crippen molar-refractivity contribution in [2.75, 3.05) is 20.8 Å². The summed E-state index contributed by atoms with van der Waals surface area (Å²) >= 11 is 0. The van der Waals surface area contributed by atoms with Gasteiger partial charge in [0.25, 0.3) is 0 Å². The summed E-state index contributed by atoms with van der Waals surface area (Å²) in [6.07, 6.45) is 1.98. The number of nitrogens with zero attached hydrogens (tertiary/aromatic N) is 1. The van der Waals surface area contributed by atoms with Gasteiger partial charge in [0.15, 0.2) is 0 Å². The molecule has 1 aliphatic heterocycles. The first kappa shape index (κ1) is 24.1. The molecule has 0 aliphatic carbocycles. The van der Waals surface area contributed by atoms with Crippen molar-refractivity contribution in [3.05, 3.63) is 57.6 Å². The molecule has 0 bridgehead atoms. The minimum absolute atomic E-state index is 0.0485. The largest absolute Gasteiger partial charge is 0.496 e. The van der Waals surface area contributed by atoms with Crippen LogP contribution in [-0.2, 0) is 9.53 Å². The predicted octanol–water partition coefficient (Wildman–Crippen LogP) is 5.44. The van der Waals surface area contributed by atoms with Gasteiger partial charge in [-0.2, -0.15) is 0 Å². The van der Waals surface area contributed by atoms with E-state index in [0.717, 1.165) is 57.7 Å². The van der Waals surface area contributed by atoms with Gasteiger partial charge in [0.05, 0.1) is 26.9 Å². The highest BCUT2D eigenvalue weighted by molar-refractivity contribution is 5.80. The minimum atomic E-state index is -0.217. The van der Waals surface area contributed by atoms with E-state index in [1.807, 2.05) is 6.92 Å². The zero-order valence-corrected chi connectivity index (χ0v) is 20.7. The first-order valence-electron chi connectivity index (χ1n) is 11.5. The Kier molecular flexibility index (Phi) is 7.50. The number of esters is 1. The first-order valence-corrected chi connectivity index (χ1v) is 11.5.